The van der Waals surface area contributed by atoms with Crippen molar-refractivity contribution in [2.45, 2.75) is 50.5 Å². The fourth-order valence-corrected chi connectivity index (χ4v) is 2.62. The minimum Gasteiger partial charge on any atom is -0.388 e. The lowest BCUT2D eigenvalue weighted by atomic mass is 10.00. The highest BCUT2D eigenvalue weighted by molar-refractivity contribution is 7.86. The van der Waals surface area contributed by atoms with Gasteiger partial charge in [-0.2, -0.15) is 8.42 Å². The number of hydrogen-bond acceptors (Lipinski definition) is 8. The Balaban J connectivity index is 2.70. The topological polar surface area (TPSA) is 123 Å². The van der Waals surface area contributed by atoms with E-state index in [1.165, 1.54) is 0 Å². The van der Waals surface area contributed by atoms with Crippen molar-refractivity contribution in [3.8, 4) is 0 Å². The van der Waals surface area contributed by atoms with E-state index >= 15 is 0 Å². The van der Waals surface area contributed by atoms with Crippen LogP contribution in [0.3, 0.4) is 0 Å². The first-order valence-corrected chi connectivity index (χ1v) is 7.99. The molecule has 1 saturated heterocycles. The second kappa shape index (κ2) is 7.64. The van der Waals surface area contributed by atoms with Crippen LogP contribution >= 0.6 is 0 Å². The Morgan fingerprint density at radius 2 is 1.80 bits per heavy atom. The summed E-state index contributed by atoms with van der Waals surface area (Å²) in [6.45, 7) is 2.25. The van der Waals surface area contributed by atoms with Crippen LogP contribution in [0, 0.1) is 0 Å². The molecule has 1 rings (SSSR count). The van der Waals surface area contributed by atoms with Crippen molar-refractivity contribution in [2.75, 3.05) is 19.5 Å². The Morgan fingerprint density at radius 1 is 1.15 bits per heavy atom. The van der Waals surface area contributed by atoms with Crippen LogP contribution in [-0.4, -0.2) is 73.9 Å². The lowest BCUT2D eigenvalue weighted by Crippen LogP contribution is -2.59. The largest absolute Gasteiger partial charge is 0.388 e. The maximum absolute atomic E-state index is 11.4. The van der Waals surface area contributed by atoms with Crippen LogP contribution in [0.5, 0.6) is 0 Å². The molecule has 0 aromatic heterocycles. The maximum Gasteiger partial charge on any atom is 0.269 e. The van der Waals surface area contributed by atoms with E-state index in [1.54, 1.807) is 0 Å². The van der Waals surface area contributed by atoms with Gasteiger partial charge in [-0.25, -0.2) is 0 Å². The number of unbranched alkanes of at least 4 members (excludes halogenated alkanes) is 1. The van der Waals surface area contributed by atoms with Crippen LogP contribution < -0.4 is 0 Å². The van der Waals surface area contributed by atoms with Gasteiger partial charge in [0, 0.05) is 6.61 Å². The van der Waals surface area contributed by atoms with Crippen LogP contribution in [0.2, 0.25) is 0 Å². The quantitative estimate of drug-likeness (QED) is 0.387. The van der Waals surface area contributed by atoms with Crippen molar-refractivity contribution in [3.05, 3.63) is 0 Å². The molecule has 1 aliphatic rings. The van der Waals surface area contributed by atoms with E-state index in [1.807, 2.05) is 6.92 Å². The van der Waals surface area contributed by atoms with Crippen LogP contribution in [0.1, 0.15) is 19.8 Å². The molecule has 1 heterocycles. The summed E-state index contributed by atoms with van der Waals surface area (Å²) in [5.74, 6) is -0.637. The van der Waals surface area contributed by atoms with E-state index < -0.39 is 46.6 Å². The highest BCUT2D eigenvalue weighted by Crippen LogP contribution is 2.23. The third-order valence-corrected chi connectivity index (χ3v) is 4.32. The first-order chi connectivity index (χ1) is 9.32. The zero-order chi connectivity index (χ0) is 15.3. The van der Waals surface area contributed by atoms with Crippen molar-refractivity contribution in [2.24, 2.45) is 0 Å². The number of aliphatic hydroxyl groups excluding tert-OH is 3. The third-order valence-electron chi connectivity index (χ3n) is 3.07. The predicted octanol–water partition coefficient (Wildman–Crippen LogP) is -1.41. The van der Waals surface area contributed by atoms with Crippen molar-refractivity contribution in [1.29, 1.82) is 0 Å². The number of ether oxygens (including phenoxy) is 2. The molecule has 20 heavy (non-hydrogen) atoms. The predicted molar refractivity (Wildman–Crippen MR) is 68.3 cm³/mol. The van der Waals surface area contributed by atoms with Crippen molar-refractivity contribution >= 4 is 10.1 Å². The van der Waals surface area contributed by atoms with Crippen LogP contribution in [0.4, 0.5) is 0 Å². The molecule has 0 aromatic carbocycles. The molecule has 1 fully saturated rings. The van der Waals surface area contributed by atoms with E-state index in [9.17, 15) is 23.7 Å². The summed E-state index contributed by atoms with van der Waals surface area (Å²) in [5, 5.41) is 29.2. The van der Waals surface area contributed by atoms with Gasteiger partial charge < -0.3 is 24.8 Å². The van der Waals surface area contributed by atoms with E-state index in [-0.39, 0.29) is 0 Å². The monoisotopic (exact) mass is 314 g/mol. The molecule has 8 nitrogen and oxygen atoms in total. The Bertz CT molecular complexity index is 384. The molecule has 0 unspecified atom stereocenters. The van der Waals surface area contributed by atoms with Gasteiger partial charge in [-0.1, -0.05) is 13.3 Å². The zero-order valence-electron chi connectivity index (χ0n) is 11.5. The SMILES string of the molecule is CCCCO[C@H]1O[C@H](CS(=O)(=O)OC)[C@@H](O)[C@H](O)[C@H]1O. The molecule has 0 radical (unpaired) electrons. The fourth-order valence-electron chi connectivity index (χ4n) is 1.81. The highest BCUT2D eigenvalue weighted by Gasteiger charge is 2.45. The molecule has 0 spiro atoms. The number of aliphatic hydroxyl groups is 3. The van der Waals surface area contributed by atoms with Crippen molar-refractivity contribution in [3.63, 3.8) is 0 Å². The van der Waals surface area contributed by atoms with Gasteiger partial charge in [-0.05, 0) is 6.42 Å². The molecular weight excluding hydrogens is 292 g/mol. The van der Waals surface area contributed by atoms with Gasteiger partial charge in [0.2, 0.25) is 0 Å². The number of rotatable bonds is 7. The summed E-state index contributed by atoms with van der Waals surface area (Å²) < 4.78 is 37.5. The zero-order valence-corrected chi connectivity index (χ0v) is 12.3. The Hall–Kier alpha value is -0.290. The van der Waals surface area contributed by atoms with Gasteiger partial charge >= 0.3 is 0 Å². The average molecular weight is 314 g/mol. The molecule has 3 N–H and O–H groups in total. The summed E-state index contributed by atoms with van der Waals surface area (Å²) in [5.41, 5.74) is 0. The summed E-state index contributed by atoms with van der Waals surface area (Å²) in [4.78, 5) is 0. The normalized spacial score (nSPS) is 35.1. The molecule has 120 valence electrons. The second-order valence-electron chi connectivity index (χ2n) is 4.63. The first kappa shape index (κ1) is 17.8. The van der Waals surface area contributed by atoms with Gasteiger partial charge in [-0.3, -0.25) is 4.18 Å². The van der Waals surface area contributed by atoms with Gasteiger partial charge in [0.05, 0.1) is 7.11 Å². The Morgan fingerprint density at radius 3 is 2.35 bits per heavy atom. The van der Waals surface area contributed by atoms with Crippen LogP contribution in [-0.2, 0) is 23.8 Å². The summed E-state index contributed by atoms with van der Waals surface area (Å²) >= 11 is 0. The number of hydrogen-bond donors (Lipinski definition) is 3. The molecule has 5 atom stereocenters. The van der Waals surface area contributed by atoms with Crippen molar-refractivity contribution < 1.29 is 37.4 Å². The fraction of sp³-hybridized carbons (Fsp3) is 1.00. The summed E-state index contributed by atoms with van der Waals surface area (Å²) in [7, 11) is -2.88. The van der Waals surface area contributed by atoms with Gasteiger partial charge in [0.1, 0.15) is 30.2 Å². The molecule has 1 aliphatic heterocycles. The molecular formula is C11H22O8S. The molecule has 0 amide bonds. The van der Waals surface area contributed by atoms with Crippen LogP contribution in [0.15, 0.2) is 0 Å². The molecule has 0 saturated carbocycles. The van der Waals surface area contributed by atoms with Gasteiger partial charge in [0.25, 0.3) is 10.1 Å². The molecule has 9 heteroatoms. The molecule has 0 aromatic rings. The van der Waals surface area contributed by atoms with E-state index in [0.29, 0.717) is 6.61 Å². The highest BCUT2D eigenvalue weighted by atomic mass is 32.2. The maximum atomic E-state index is 11.4. The molecule has 0 aliphatic carbocycles. The van der Waals surface area contributed by atoms with Crippen molar-refractivity contribution in [1.82, 2.24) is 0 Å². The minimum atomic E-state index is -3.87. The second-order valence-corrected chi connectivity index (χ2v) is 6.41. The Labute approximate surface area is 118 Å². The smallest absolute Gasteiger partial charge is 0.269 e. The summed E-state index contributed by atoms with van der Waals surface area (Å²) in [6, 6.07) is 0. The van der Waals surface area contributed by atoms with E-state index in [2.05, 4.69) is 4.18 Å². The Kier molecular flexibility index (Phi) is 6.79. The van der Waals surface area contributed by atoms with Gasteiger partial charge in [-0.15, -0.1) is 0 Å². The van der Waals surface area contributed by atoms with Gasteiger partial charge in [0.15, 0.2) is 6.29 Å². The molecule has 0 bridgehead atoms. The van der Waals surface area contributed by atoms with E-state index in [4.69, 9.17) is 9.47 Å². The average Bonchev–Trinajstić information content (AvgIpc) is 2.41. The summed E-state index contributed by atoms with van der Waals surface area (Å²) in [6.07, 6.45) is -5.35. The van der Waals surface area contributed by atoms with Crippen LogP contribution in [0.25, 0.3) is 0 Å². The third kappa shape index (κ3) is 4.62. The first-order valence-electron chi connectivity index (χ1n) is 6.42. The minimum absolute atomic E-state index is 0.296. The van der Waals surface area contributed by atoms with E-state index in [0.717, 1.165) is 20.0 Å². The standard InChI is InChI=1S/C11H22O8S/c1-3-4-5-18-11-10(14)9(13)8(12)7(19-11)6-20(15,16)17-2/h7-14H,3-6H2,1-2H3/t7-,8-,9+,10-,11+/m1/s1. The lowest BCUT2D eigenvalue weighted by Gasteiger charge is -2.39. The lowest BCUT2D eigenvalue weighted by molar-refractivity contribution is -0.292.